The van der Waals surface area contributed by atoms with E-state index in [2.05, 4.69) is 17.4 Å². The topological polar surface area (TPSA) is 64.3 Å². The number of carbonyl (C=O) groups excluding carboxylic acids is 1. The lowest BCUT2D eigenvalue weighted by atomic mass is 9.88. The number of ether oxygens (including phenoxy) is 1. The summed E-state index contributed by atoms with van der Waals surface area (Å²) in [5, 5.41) is 3.44. The van der Waals surface area contributed by atoms with Crippen LogP contribution in [0.5, 0.6) is 0 Å². The van der Waals surface area contributed by atoms with Crippen molar-refractivity contribution < 1.29 is 9.53 Å². The van der Waals surface area contributed by atoms with Crippen molar-refractivity contribution >= 4 is 5.97 Å². The van der Waals surface area contributed by atoms with Crippen molar-refractivity contribution in [2.45, 2.75) is 25.4 Å². The first-order chi connectivity index (χ1) is 8.74. The molecule has 3 N–H and O–H groups in total. The molecule has 0 saturated carbocycles. The fourth-order valence-electron chi connectivity index (χ4n) is 2.44. The van der Waals surface area contributed by atoms with E-state index in [-0.39, 0.29) is 17.9 Å². The fourth-order valence-corrected chi connectivity index (χ4v) is 2.44. The number of rotatable bonds is 3. The Morgan fingerprint density at radius 3 is 2.78 bits per heavy atom. The third-order valence-corrected chi connectivity index (χ3v) is 3.56. The largest absolute Gasteiger partial charge is 0.469 e. The minimum absolute atomic E-state index is 0.00966. The Bertz CT molecular complexity index is 403. The third-order valence-electron chi connectivity index (χ3n) is 3.56. The van der Waals surface area contributed by atoms with E-state index in [4.69, 9.17) is 10.5 Å². The van der Waals surface area contributed by atoms with Crippen LogP contribution < -0.4 is 11.1 Å². The van der Waals surface area contributed by atoms with Gasteiger partial charge in [0.1, 0.15) is 0 Å². The molecule has 2 unspecified atom stereocenters. The van der Waals surface area contributed by atoms with E-state index in [9.17, 15) is 4.79 Å². The number of hydrogen-bond acceptors (Lipinski definition) is 4. The van der Waals surface area contributed by atoms with Crippen molar-refractivity contribution in [2.75, 3.05) is 13.7 Å². The Kier molecular flexibility index (Phi) is 4.33. The summed E-state index contributed by atoms with van der Waals surface area (Å²) in [4.78, 5) is 11.6. The van der Waals surface area contributed by atoms with E-state index < -0.39 is 0 Å². The van der Waals surface area contributed by atoms with Gasteiger partial charge in [-0.1, -0.05) is 24.3 Å². The Balaban J connectivity index is 2.05. The van der Waals surface area contributed by atoms with E-state index in [1.807, 2.05) is 12.1 Å². The molecule has 1 aliphatic heterocycles. The summed E-state index contributed by atoms with van der Waals surface area (Å²) in [5.74, 6) is -0.0875. The van der Waals surface area contributed by atoms with Gasteiger partial charge >= 0.3 is 5.97 Å². The molecule has 1 fully saturated rings. The smallest absolute Gasteiger partial charge is 0.308 e. The van der Waals surface area contributed by atoms with Crippen molar-refractivity contribution in [1.82, 2.24) is 5.32 Å². The monoisotopic (exact) mass is 248 g/mol. The maximum absolute atomic E-state index is 11.6. The number of methoxy groups -OCH3 is 1. The Morgan fingerprint density at radius 1 is 1.44 bits per heavy atom. The number of carbonyl (C=O) groups is 1. The number of nitrogens with one attached hydrogen (secondary N) is 1. The second kappa shape index (κ2) is 5.98. The first-order valence-electron chi connectivity index (χ1n) is 6.34. The number of esters is 1. The van der Waals surface area contributed by atoms with E-state index in [0.717, 1.165) is 24.9 Å². The molecule has 0 aromatic heterocycles. The minimum atomic E-state index is -0.0971. The predicted octanol–water partition coefficient (Wildman–Crippen LogP) is 1.36. The minimum Gasteiger partial charge on any atom is -0.469 e. The Morgan fingerprint density at radius 2 is 2.17 bits per heavy atom. The first-order valence-corrected chi connectivity index (χ1v) is 6.34. The molecule has 0 amide bonds. The SMILES string of the molecule is COC(=O)C1CCNC(c2ccc(CN)cc2)C1. The van der Waals surface area contributed by atoms with Crippen molar-refractivity contribution in [3.05, 3.63) is 35.4 Å². The predicted molar refractivity (Wildman–Crippen MR) is 69.8 cm³/mol. The van der Waals surface area contributed by atoms with Crippen LogP contribution in [0, 0.1) is 5.92 Å². The molecule has 2 rings (SSSR count). The third kappa shape index (κ3) is 2.89. The highest BCUT2D eigenvalue weighted by Gasteiger charge is 2.28. The van der Waals surface area contributed by atoms with Gasteiger partial charge in [0, 0.05) is 12.6 Å². The van der Waals surface area contributed by atoms with E-state index >= 15 is 0 Å². The quantitative estimate of drug-likeness (QED) is 0.793. The van der Waals surface area contributed by atoms with Crippen LogP contribution in [-0.4, -0.2) is 19.6 Å². The molecule has 1 aromatic rings. The number of piperidine rings is 1. The van der Waals surface area contributed by atoms with Crippen LogP contribution in [-0.2, 0) is 16.1 Å². The maximum atomic E-state index is 11.6. The van der Waals surface area contributed by atoms with Gasteiger partial charge in [-0.15, -0.1) is 0 Å². The van der Waals surface area contributed by atoms with Crippen LogP contribution in [0.2, 0.25) is 0 Å². The first kappa shape index (κ1) is 13.1. The zero-order valence-corrected chi connectivity index (χ0v) is 10.7. The zero-order chi connectivity index (χ0) is 13.0. The van der Waals surface area contributed by atoms with Gasteiger partial charge < -0.3 is 15.8 Å². The van der Waals surface area contributed by atoms with Gasteiger partial charge in [0.2, 0.25) is 0 Å². The molecule has 18 heavy (non-hydrogen) atoms. The summed E-state index contributed by atoms with van der Waals surface area (Å²) < 4.78 is 4.83. The zero-order valence-electron chi connectivity index (χ0n) is 10.7. The highest BCUT2D eigenvalue weighted by Crippen LogP contribution is 2.28. The summed E-state index contributed by atoms with van der Waals surface area (Å²) in [5.41, 5.74) is 7.91. The molecule has 2 atom stereocenters. The molecular weight excluding hydrogens is 228 g/mol. The fraction of sp³-hybridized carbons (Fsp3) is 0.500. The molecule has 1 aromatic carbocycles. The van der Waals surface area contributed by atoms with E-state index in [1.165, 1.54) is 12.7 Å². The molecule has 98 valence electrons. The van der Waals surface area contributed by atoms with Crippen molar-refractivity contribution in [1.29, 1.82) is 0 Å². The number of benzene rings is 1. The number of nitrogens with two attached hydrogens (primary N) is 1. The molecular formula is C14H20N2O2. The number of hydrogen-bond donors (Lipinski definition) is 2. The second-order valence-corrected chi connectivity index (χ2v) is 4.70. The lowest BCUT2D eigenvalue weighted by Crippen LogP contribution is -2.35. The van der Waals surface area contributed by atoms with Gasteiger partial charge in [-0.05, 0) is 30.5 Å². The molecule has 4 nitrogen and oxygen atoms in total. The lowest BCUT2D eigenvalue weighted by Gasteiger charge is -2.29. The molecule has 4 heteroatoms. The van der Waals surface area contributed by atoms with Gasteiger partial charge in [-0.3, -0.25) is 4.79 Å². The van der Waals surface area contributed by atoms with Crippen molar-refractivity contribution in [3.8, 4) is 0 Å². The molecule has 0 spiro atoms. The van der Waals surface area contributed by atoms with Crippen LogP contribution in [0.4, 0.5) is 0 Å². The van der Waals surface area contributed by atoms with Gasteiger partial charge in [0.25, 0.3) is 0 Å². The van der Waals surface area contributed by atoms with Crippen LogP contribution in [0.1, 0.15) is 30.0 Å². The Hall–Kier alpha value is -1.39. The summed E-state index contributed by atoms with van der Waals surface area (Å²) >= 11 is 0. The van der Waals surface area contributed by atoms with Gasteiger partial charge in [-0.25, -0.2) is 0 Å². The molecule has 1 heterocycles. The van der Waals surface area contributed by atoms with Crippen LogP contribution in [0.25, 0.3) is 0 Å². The highest BCUT2D eigenvalue weighted by molar-refractivity contribution is 5.72. The van der Waals surface area contributed by atoms with Crippen molar-refractivity contribution in [3.63, 3.8) is 0 Å². The molecule has 0 aliphatic carbocycles. The van der Waals surface area contributed by atoms with Crippen LogP contribution in [0.3, 0.4) is 0 Å². The lowest BCUT2D eigenvalue weighted by molar-refractivity contribution is -0.146. The average Bonchev–Trinajstić information content (AvgIpc) is 2.46. The van der Waals surface area contributed by atoms with E-state index in [0.29, 0.717) is 6.54 Å². The highest BCUT2D eigenvalue weighted by atomic mass is 16.5. The van der Waals surface area contributed by atoms with Crippen LogP contribution >= 0.6 is 0 Å². The summed E-state index contributed by atoms with van der Waals surface area (Å²) in [6.45, 7) is 1.41. The maximum Gasteiger partial charge on any atom is 0.308 e. The molecule has 1 aliphatic rings. The summed E-state index contributed by atoms with van der Waals surface area (Å²) in [7, 11) is 1.45. The van der Waals surface area contributed by atoms with Gasteiger partial charge in [-0.2, -0.15) is 0 Å². The van der Waals surface area contributed by atoms with Crippen LogP contribution in [0.15, 0.2) is 24.3 Å². The molecule has 1 saturated heterocycles. The van der Waals surface area contributed by atoms with E-state index in [1.54, 1.807) is 0 Å². The summed E-state index contributed by atoms with van der Waals surface area (Å²) in [6, 6.07) is 8.48. The average molecular weight is 248 g/mol. The summed E-state index contributed by atoms with van der Waals surface area (Å²) in [6.07, 6.45) is 1.65. The second-order valence-electron chi connectivity index (χ2n) is 4.70. The van der Waals surface area contributed by atoms with Gasteiger partial charge in [0.05, 0.1) is 13.0 Å². The van der Waals surface area contributed by atoms with Crippen molar-refractivity contribution in [2.24, 2.45) is 11.7 Å². The molecule has 0 bridgehead atoms. The normalized spacial score (nSPS) is 23.7. The Labute approximate surface area is 108 Å². The standard InChI is InChI=1S/C14H20N2O2/c1-18-14(17)12-6-7-16-13(8-12)11-4-2-10(9-15)3-5-11/h2-5,12-13,16H,6-9,15H2,1H3. The molecule has 0 radical (unpaired) electrons. The van der Waals surface area contributed by atoms with Gasteiger partial charge in [0.15, 0.2) is 0 Å².